The van der Waals surface area contributed by atoms with Crippen molar-refractivity contribution in [1.29, 1.82) is 0 Å². The van der Waals surface area contributed by atoms with E-state index in [0.717, 1.165) is 28.3 Å². The van der Waals surface area contributed by atoms with Crippen molar-refractivity contribution in [3.05, 3.63) is 41.7 Å². The van der Waals surface area contributed by atoms with Gasteiger partial charge in [0.15, 0.2) is 0 Å². The first-order valence-electron chi connectivity index (χ1n) is 10.4. The number of rotatable bonds is 7. The molecule has 8 nitrogen and oxygen atoms in total. The summed E-state index contributed by atoms with van der Waals surface area (Å²) in [5.41, 5.74) is 1.93. The second-order valence-corrected chi connectivity index (χ2v) is 10.2. The van der Waals surface area contributed by atoms with Crippen LogP contribution in [0.15, 0.2) is 30.3 Å². The monoisotopic (exact) mass is 455 g/mol. The number of nitrogens with zero attached hydrogens (tertiary/aromatic N) is 2. The summed E-state index contributed by atoms with van der Waals surface area (Å²) in [5, 5.41) is 9.64. The number of ether oxygens (including phenoxy) is 1. The van der Waals surface area contributed by atoms with E-state index in [9.17, 15) is 22.7 Å². The van der Waals surface area contributed by atoms with Gasteiger partial charge in [-0.15, -0.1) is 0 Å². The summed E-state index contributed by atoms with van der Waals surface area (Å²) in [4.78, 5) is 13.1. The van der Waals surface area contributed by atoms with Gasteiger partial charge in [-0.05, 0) is 55.9 Å². The smallest absolute Gasteiger partial charge is 0.407 e. The Morgan fingerprint density at radius 3 is 2.71 bits per heavy atom. The number of amides is 1. The van der Waals surface area contributed by atoms with Crippen molar-refractivity contribution < 1.29 is 27.4 Å². The van der Waals surface area contributed by atoms with Gasteiger partial charge in [0.05, 0.1) is 18.8 Å². The first-order valence-corrected chi connectivity index (χ1v) is 11.8. The van der Waals surface area contributed by atoms with Crippen molar-refractivity contribution in [2.24, 2.45) is 0 Å². The summed E-state index contributed by atoms with van der Waals surface area (Å²) >= 11 is 0. The van der Waals surface area contributed by atoms with E-state index in [1.807, 2.05) is 12.1 Å². The van der Waals surface area contributed by atoms with Crippen LogP contribution >= 0.6 is 0 Å². The van der Waals surface area contributed by atoms with Gasteiger partial charge in [-0.3, -0.25) is 4.90 Å². The standard InChI is InChI=1S/C21H30FN3O5S/c1-14-11-19(23-31(28,29)24(2)3)20(25(14)21(26)27)13-30-18-9-7-15(8-10-18)16-5-4-6-17(22)12-16/h4-7,12,14,18-20,23H,8-11,13H2,1-3H3,(H,26,27)/t14-,18-,19+,20+/m1/s1. The van der Waals surface area contributed by atoms with Crippen molar-refractivity contribution in [1.82, 2.24) is 13.9 Å². The number of hydrogen-bond acceptors (Lipinski definition) is 4. The Hall–Kier alpha value is -2.01. The molecule has 1 fully saturated rings. The minimum atomic E-state index is -3.70. The number of allylic oxidation sites excluding steroid dienone is 1. The van der Waals surface area contributed by atoms with Gasteiger partial charge in [0.25, 0.3) is 10.2 Å². The molecular formula is C21H30FN3O5S. The van der Waals surface area contributed by atoms with E-state index in [1.165, 1.54) is 31.1 Å². The predicted molar refractivity (Wildman–Crippen MR) is 115 cm³/mol. The zero-order chi connectivity index (χ0) is 22.8. The van der Waals surface area contributed by atoms with Crippen LogP contribution in [0.4, 0.5) is 9.18 Å². The highest BCUT2D eigenvalue weighted by molar-refractivity contribution is 7.87. The van der Waals surface area contributed by atoms with Crippen LogP contribution in [-0.2, 0) is 14.9 Å². The third-order valence-electron chi connectivity index (χ3n) is 5.95. The second kappa shape index (κ2) is 9.64. The van der Waals surface area contributed by atoms with Gasteiger partial charge in [-0.25, -0.2) is 9.18 Å². The van der Waals surface area contributed by atoms with Gasteiger partial charge in [-0.1, -0.05) is 18.2 Å². The Balaban J connectivity index is 1.65. The maximum absolute atomic E-state index is 13.5. The van der Waals surface area contributed by atoms with Crippen LogP contribution in [0.1, 0.15) is 38.2 Å². The van der Waals surface area contributed by atoms with Gasteiger partial charge in [0, 0.05) is 26.2 Å². The molecule has 1 aliphatic heterocycles. The second-order valence-electron chi connectivity index (χ2n) is 8.32. The summed E-state index contributed by atoms with van der Waals surface area (Å²) in [7, 11) is -0.859. The molecule has 1 heterocycles. The Morgan fingerprint density at radius 2 is 2.13 bits per heavy atom. The van der Waals surface area contributed by atoms with Crippen LogP contribution in [-0.4, -0.2) is 73.8 Å². The molecule has 0 saturated carbocycles. The van der Waals surface area contributed by atoms with E-state index in [2.05, 4.69) is 4.72 Å². The van der Waals surface area contributed by atoms with Crippen molar-refractivity contribution in [2.75, 3.05) is 20.7 Å². The molecular weight excluding hydrogens is 425 g/mol. The largest absolute Gasteiger partial charge is 0.465 e. The molecule has 1 aromatic carbocycles. The van der Waals surface area contributed by atoms with Crippen LogP contribution in [0.3, 0.4) is 0 Å². The van der Waals surface area contributed by atoms with Crippen molar-refractivity contribution in [3.8, 4) is 0 Å². The maximum Gasteiger partial charge on any atom is 0.407 e. The lowest BCUT2D eigenvalue weighted by Gasteiger charge is -2.31. The molecule has 0 aromatic heterocycles. The molecule has 1 saturated heterocycles. The molecule has 1 amide bonds. The van der Waals surface area contributed by atoms with Crippen LogP contribution < -0.4 is 4.72 Å². The average Bonchev–Trinajstić information content (AvgIpc) is 3.01. The zero-order valence-corrected chi connectivity index (χ0v) is 18.8. The number of nitrogens with one attached hydrogen (secondary N) is 1. The lowest BCUT2D eigenvalue weighted by molar-refractivity contribution is 0.00890. The van der Waals surface area contributed by atoms with E-state index < -0.39 is 28.4 Å². The number of halogens is 1. The number of carboxylic acid groups (broad SMARTS) is 1. The molecule has 2 aliphatic rings. The summed E-state index contributed by atoms with van der Waals surface area (Å²) in [6.45, 7) is 1.87. The summed E-state index contributed by atoms with van der Waals surface area (Å²) in [5.74, 6) is -0.271. The molecule has 0 spiro atoms. The van der Waals surface area contributed by atoms with Crippen LogP contribution in [0, 0.1) is 5.82 Å². The summed E-state index contributed by atoms with van der Waals surface area (Å²) in [6.07, 6.45) is 3.30. The molecule has 3 rings (SSSR count). The van der Waals surface area contributed by atoms with E-state index >= 15 is 0 Å². The fourth-order valence-corrected chi connectivity index (χ4v) is 5.10. The minimum absolute atomic E-state index is 0.102. The minimum Gasteiger partial charge on any atom is -0.465 e. The fourth-order valence-electron chi connectivity index (χ4n) is 4.26. The lowest BCUT2D eigenvalue weighted by atomic mass is 9.92. The van der Waals surface area contributed by atoms with Crippen LogP contribution in [0.25, 0.3) is 5.57 Å². The third kappa shape index (κ3) is 5.62. The highest BCUT2D eigenvalue weighted by Crippen LogP contribution is 2.30. The van der Waals surface area contributed by atoms with Crippen LogP contribution in [0.2, 0.25) is 0 Å². The Bertz CT molecular complexity index is 937. The third-order valence-corrected chi connectivity index (χ3v) is 7.52. The van der Waals surface area contributed by atoms with E-state index in [0.29, 0.717) is 12.8 Å². The first-order chi connectivity index (χ1) is 14.6. The molecule has 0 bridgehead atoms. The normalized spacial score (nSPS) is 26.9. The summed E-state index contributed by atoms with van der Waals surface area (Å²) < 4.78 is 47.8. The van der Waals surface area contributed by atoms with E-state index in [4.69, 9.17) is 4.74 Å². The first kappa shape index (κ1) is 23.6. The fraction of sp³-hybridized carbons (Fsp3) is 0.571. The average molecular weight is 456 g/mol. The molecule has 0 radical (unpaired) electrons. The molecule has 4 atom stereocenters. The quantitative estimate of drug-likeness (QED) is 0.659. The number of hydrogen-bond donors (Lipinski definition) is 2. The Labute approximate surface area is 182 Å². The van der Waals surface area contributed by atoms with Gasteiger partial charge < -0.3 is 9.84 Å². The van der Waals surface area contributed by atoms with Gasteiger partial charge in [0.1, 0.15) is 5.82 Å². The lowest BCUT2D eigenvalue weighted by Crippen LogP contribution is -2.52. The molecule has 31 heavy (non-hydrogen) atoms. The topological polar surface area (TPSA) is 99.2 Å². The van der Waals surface area contributed by atoms with Gasteiger partial charge >= 0.3 is 6.09 Å². The number of likely N-dealkylation sites (tertiary alicyclic amines) is 1. The van der Waals surface area contributed by atoms with E-state index in [1.54, 1.807) is 13.0 Å². The number of carbonyl (C=O) groups is 1. The van der Waals surface area contributed by atoms with Crippen LogP contribution in [0.5, 0.6) is 0 Å². The molecule has 1 aromatic rings. The van der Waals surface area contributed by atoms with Crippen molar-refractivity contribution in [2.45, 2.75) is 56.8 Å². The van der Waals surface area contributed by atoms with Crippen molar-refractivity contribution in [3.63, 3.8) is 0 Å². The zero-order valence-electron chi connectivity index (χ0n) is 18.0. The molecule has 1 aliphatic carbocycles. The SMILES string of the molecule is C[C@@H]1C[C@H](NS(=O)(=O)N(C)C)[C@H](CO[C@@H]2CC=C(c3cccc(F)c3)CC2)N1C(=O)O. The summed E-state index contributed by atoms with van der Waals surface area (Å²) in [6, 6.07) is 4.98. The molecule has 2 N–H and O–H groups in total. The highest BCUT2D eigenvalue weighted by Gasteiger charge is 2.44. The number of benzene rings is 1. The molecule has 172 valence electrons. The predicted octanol–water partition coefficient (Wildman–Crippen LogP) is 2.68. The van der Waals surface area contributed by atoms with Gasteiger partial charge in [-0.2, -0.15) is 17.4 Å². The Morgan fingerprint density at radius 1 is 1.39 bits per heavy atom. The van der Waals surface area contributed by atoms with Crippen molar-refractivity contribution >= 4 is 21.9 Å². The molecule has 0 unspecified atom stereocenters. The molecule has 10 heteroatoms. The maximum atomic E-state index is 13.5. The van der Waals surface area contributed by atoms with Gasteiger partial charge in [0.2, 0.25) is 0 Å². The highest BCUT2D eigenvalue weighted by atomic mass is 32.2. The Kier molecular flexibility index (Phi) is 7.35. The van der Waals surface area contributed by atoms with E-state index in [-0.39, 0.29) is 24.6 Å².